The van der Waals surface area contributed by atoms with Crippen LogP contribution in [0.2, 0.25) is 0 Å². The fraction of sp³-hybridized carbons (Fsp3) is 0.615. The van der Waals surface area contributed by atoms with Gasteiger partial charge in [0.05, 0.1) is 0 Å². The molecule has 0 amide bonds. The second-order valence-corrected chi connectivity index (χ2v) is 4.76. The molecule has 6 nitrogen and oxygen atoms in total. The molecule has 0 aromatic carbocycles. The monoisotopic (exact) mass is 263 g/mol. The molecule has 1 aromatic heterocycles. The van der Waals surface area contributed by atoms with Crippen LogP contribution >= 0.6 is 0 Å². The number of hydrogen-bond donors (Lipinski definition) is 0. The number of ether oxygens (including phenoxy) is 1. The Hall–Kier alpha value is -1.85. The zero-order valence-corrected chi connectivity index (χ0v) is 11.7. The van der Waals surface area contributed by atoms with Crippen LogP contribution in [0, 0.1) is 0 Å². The van der Waals surface area contributed by atoms with Crippen LogP contribution in [0.1, 0.15) is 19.3 Å². The van der Waals surface area contributed by atoms with Crippen molar-refractivity contribution in [1.29, 1.82) is 0 Å². The number of hydrogen-bond acceptors (Lipinski definition) is 6. The van der Waals surface area contributed by atoms with Crippen molar-refractivity contribution >= 4 is 11.9 Å². The lowest BCUT2D eigenvalue weighted by molar-refractivity contribution is 0.332. The first-order valence-electron chi connectivity index (χ1n) is 6.63. The average molecular weight is 263 g/mol. The van der Waals surface area contributed by atoms with Crippen molar-refractivity contribution in [3.05, 3.63) is 12.7 Å². The molecular formula is C13H21N5O. The van der Waals surface area contributed by atoms with E-state index in [1.54, 1.807) is 6.08 Å². The van der Waals surface area contributed by atoms with Crippen molar-refractivity contribution < 1.29 is 4.74 Å². The van der Waals surface area contributed by atoms with Gasteiger partial charge in [-0.05, 0) is 19.3 Å². The van der Waals surface area contributed by atoms with Gasteiger partial charge in [-0.2, -0.15) is 15.0 Å². The summed E-state index contributed by atoms with van der Waals surface area (Å²) in [6.45, 7) is 6.02. The first kappa shape index (κ1) is 13.6. The molecule has 0 aliphatic carbocycles. The quantitative estimate of drug-likeness (QED) is 0.750. The number of nitrogens with zero attached hydrogens (tertiary/aromatic N) is 5. The highest BCUT2D eigenvalue weighted by Crippen LogP contribution is 2.20. The zero-order chi connectivity index (χ0) is 13.7. The van der Waals surface area contributed by atoms with E-state index in [2.05, 4.69) is 26.4 Å². The smallest absolute Gasteiger partial charge is 0.323 e. The molecule has 1 fully saturated rings. The van der Waals surface area contributed by atoms with Crippen LogP contribution in [0.15, 0.2) is 12.7 Å². The lowest BCUT2D eigenvalue weighted by atomic mass is 10.1. The zero-order valence-electron chi connectivity index (χ0n) is 11.7. The van der Waals surface area contributed by atoms with Crippen LogP contribution < -0.4 is 14.5 Å². The summed E-state index contributed by atoms with van der Waals surface area (Å²) in [5, 5.41) is 0. The van der Waals surface area contributed by atoms with Gasteiger partial charge in [0.25, 0.3) is 0 Å². The number of anilines is 2. The predicted octanol–water partition coefficient (Wildman–Crippen LogP) is 1.49. The van der Waals surface area contributed by atoms with Crippen molar-refractivity contribution in [1.82, 2.24) is 15.0 Å². The average Bonchev–Trinajstić information content (AvgIpc) is 2.45. The first-order valence-corrected chi connectivity index (χ1v) is 6.63. The lowest BCUT2D eigenvalue weighted by Crippen LogP contribution is -2.31. The van der Waals surface area contributed by atoms with E-state index in [-0.39, 0.29) is 0 Å². The lowest BCUT2D eigenvalue weighted by Gasteiger charge is -2.27. The number of aromatic nitrogens is 3. The van der Waals surface area contributed by atoms with Gasteiger partial charge in [-0.1, -0.05) is 12.7 Å². The van der Waals surface area contributed by atoms with Crippen LogP contribution in [-0.2, 0) is 0 Å². The molecule has 0 atom stereocenters. The summed E-state index contributed by atoms with van der Waals surface area (Å²) in [7, 11) is 3.82. The van der Waals surface area contributed by atoms with Crippen LogP contribution in [0.25, 0.3) is 0 Å². The van der Waals surface area contributed by atoms with Crippen LogP contribution in [0.3, 0.4) is 0 Å². The van der Waals surface area contributed by atoms with E-state index in [1.807, 2.05) is 19.0 Å². The van der Waals surface area contributed by atoms with E-state index in [9.17, 15) is 0 Å². The Morgan fingerprint density at radius 1 is 1.21 bits per heavy atom. The second-order valence-electron chi connectivity index (χ2n) is 4.76. The maximum atomic E-state index is 5.44. The third-order valence-corrected chi connectivity index (χ3v) is 2.96. The van der Waals surface area contributed by atoms with Crippen LogP contribution in [0.4, 0.5) is 11.9 Å². The minimum atomic E-state index is 0.360. The standard InChI is InChI=1S/C13H21N5O/c1-4-10-19-13-15-11(17(2)3)14-12(16-13)18-8-6-5-7-9-18/h4H,1,5-10H2,2-3H3. The molecular weight excluding hydrogens is 242 g/mol. The van der Waals surface area contributed by atoms with Crippen LogP contribution in [-0.4, -0.2) is 48.7 Å². The normalized spacial score (nSPS) is 15.2. The highest BCUT2D eigenvalue weighted by atomic mass is 16.5. The first-order chi connectivity index (χ1) is 9.20. The predicted molar refractivity (Wildman–Crippen MR) is 75.9 cm³/mol. The second kappa shape index (κ2) is 6.36. The Morgan fingerprint density at radius 3 is 2.58 bits per heavy atom. The summed E-state index contributed by atoms with van der Waals surface area (Å²) < 4.78 is 5.44. The molecule has 2 heterocycles. The van der Waals surface area contributed by atoms with Gasteiger partial charge in [-0.3, -0.25) is 0 Å². The van der Waals surface area contributed by atoms with Gasteiger partial charge in [0, 0.05) is 27.2 Å². The summed E-state index contributed by atoms with van der Waals surface area (Å²) in [6.07, 6.45) is 5.33. The molecule has 1 aromatic rings. The van der Waals surface area contributed by atoms with Gasteiger partial charge < -0.3 is 14.5 Å². The molecule has 6 heteroatoms. The minimum Gasteiger partial charge on any atom is -0.459 e. The third-order valence-electron chi connectivity index (χ3n) is 2.96. The topological polar surface area (TPSA) is 54.4 Å². The van der Waals surface area contributed by atoms with Gasteiger partial charge in [0.2, 0.25) is 11.9 Å². The van der Waals surface area contributed by atoms with E-state index in [0.717, 1.165) is 13.1 Å². The fourth-order valence-electron chi connectivity index (χ4n) is 1.97. The molecule has 2 rings (SSSR count). The van der Waals surface area contributed by atoms with Crippen molar-refractivity contribution in [2.24, 2.45) is 0 Å². The van der Waals surface area contributed by atoms with Gasteiger partial charge in [0.1, 0.15) is 6.61 Å². The summed E-state index contributed by atoms with van der Waals surface area (Å²) >= 11 is 0. The molecule has 19 heavy (non-hydrogen) atoms. The fourth-order valence-corrected chi connectivity index (χ4v) is 1.97. The Bertz CT molecular complexity index is 429. The Morgan fingerprint density at radius 2 is 1.95 bits per heavy atom. The Balaban J connectivity index is 2.24. The summed E-state index contributed by atoms with van der Waals surface area (Å²) in [5.41, 5.74) is 0. The maximum Gasteiger partial charge on any atom is 0.323 e. The van der Waals surface area contributed by atoms with Crippen molar-refractivity contribution in [3.63, 3.8) is 0 Å². The molecule has 0 unspecified atom stereocenters. The number of piperidine rings is 1. The Labute approximate surface area is 114 Å². The minimum absolute atomic E-state index is 0.360. The van der Waals surface area contributed by atoms with E-state index in [0.29, 0.717) is 24.5 Å². The summed E-state index contributed by atoms with van der Waals surface area (Å²) in [5.74, 6) is 1.33. The maximum absolute atomic E-state index is 5.44. The molecule has 104 valence electrons. The van der Waals surface area contributed by atoms with E-state index in [1.165, 1.54) is 19.3 Å². The third kappa shape index (κ3) is 3.56. The highest BCUT2D eigenvalue weighted by molar-refractivity contribution is 5.39. The van der Waals surface area contributed by atoms with Crippen molar-refractivity contribution in [2.45, 2.75) is 19.3 Å². The molecule has 1 aliphatic rings. The van der Waals surface area contributed by atoms with Gasteiger partial charge in [-0.15, -0.1) is 0 Å². The molecule has 0 bridgehead atoms. The molecule has 0 N–H and O–H groups in total. The summed E-state index contributed by atoms with van der Waals surface area (Å²) in [4.78, 5) is 17.2. The van der Waals surface area contributed by atoms with E-state index in [4.69, 9.17) is 4.74 Å². The summed E-state index contributed by atoms with van der Waals surface area (Å²) in [6, 6.07) is 0.360. The molecule has 0 radical (unpaired) electrons. The molecule has 1 saturated heterocycles. The van der Waals surface area contributed by atoms with Crippen LogP contribution in [0.5, 0.6) is 6.01 Å². The highest BCUT2D eigenvalue weighted by Gasteiger charge is 2.17. The molecule has 0 spiro atoms. The van der Waals surface area contributed by atoms with E-state index < -0.39 is 0 Å². The van der Waals surface area contributed by atoms with E-state index >= 15 is 0 Å². The molecule has 1 aliphatic heterocycles. The van der Waals surface area contributed by atoms with Gasteiger partial charge in [-0.25, -0.2) is 0 Å². The SMILES string of the molecule is C=CCOc1nc(N(C)C)nc(N2CCCCC2)n1. The largest absolute Gasteiger partial charge is 0.459 e. The molecule has 0 saturated carbocycles. The van der Waals surface area contributed by atoms with Crippen molar-refractivity contribution in [3.8, 4) is 6.01 Å². The number of rotatable bonds is 5. The van der Waals surface area contributed by atoms with Gasteiger partial charge >= 0.3 is 6.01 Å². The Kier molecular flexibility index (Phi) is 4.54. The van der Waals surface area contributed by atoms with Crippen molar-refractivity contribution in [2.75, 3.05) is 43.6 Å². The van der Waals surface area contributed by atoms with Gasteiger partial charge in [0.15, 0.2) is 0 Å².